The number of carbonyl (C=O) groups is 1. The monoisotopic (exact) mass is 572 g/mol. The van der Waals surface area contributed by atoms with Gasteiger partial charge in [0.2, 0.25) is 5.95 Å². The molecule has 1 aromatic heterocycles. The molecule has 0 bridgehead atoms. The van der Waals surface area contributed by atoms with Crippen molar-refractivity contribution in [3.63, 3.8) is 0 Å². The van der Waals surface area contributed by atoms with Crippen LogP contribution in [0.15, 0.2) is 84.0 Å². The van der Waals surface area contributed by atoms with Crippen molar-refractivity contribution in [2.75, 3.05) is 23.8 Å². The van der Waals surface area contributed by atoms with Crippen LogP contribution in [-0.2, 0) is 16.4 Å². The van der Waals surface area contributed by atoms with E-state index in [-0.39, 0.29) is 10.8 Å². The lowest BCUT2D eigenvalue weighted by Crippen LogP contribution is -2.15. The molecule has 4 rings (SSSR count). The summed E-state index contributed by atoms with van der Waals surface area (Å²) in [6.07, 6.45) is 3.37. The van der Waals surface area contributed by atoms with E-state index >= 15 is 0 Å². The van der Waals surface area contributed by atoms with E-state index in [4.69, 9.17) is 32.7 Å². The number of nitrogens with one attached hydrogen (secondary N) is 2. The van der Waals surface area contributed by atoms with Crippen molar-refractivity contribution in [3.05, 3.63) is 100 Å². The highest BCUT2D eigenvalue weighted by Crippen LogP contribution is 2.29. The van der Waals surface area contributed by atoms with Gasteiger partial charge in [-0.2, -0.15) is 0 Å². The second-order valence-electron chi connectivity index (χ2n) is 7.86. The maximum atomic E-state index is 12.9. The highest BCUT2D eigenvalue weighted by Gasteiger charge is 2.16. The molecule has 0 aliphatic rings. The topological polar surface area (TPSA) is 120 Å². The van der Waals surface area contributed by atoms with Gasteiger partial charge in [-0.25, -0.2) is 23.1 Å². The van der Waals surface area contributed by atoms with Crippen LogP contribution in [-0.4, -0.2) is 38.0 Å². The predicted molar refractivity (Wildman–Crippen MR) is 146 cm³/mol. The molecule has 3 aromatic carbocycles. The van der Waals surface area contributed by atoms with Crippen LogP contribution in [0, 0.1) is 0 Å². The Kier molecular flexibility index (Phi) is 8.67. The van der Waals surface area contributed by atoms with Gasteiger partial charge in [0.05, 0.1) is 18.6 Å². The van der Waals surface area contributed by atoms with Gasteiger partial charge in [0.15, 0.2) is 11.5 Å². The van der Waals surface area contributed by atoms with Gasteiger partial charge in [0, 0.05) is 40.1 Å². The first-order chi connectivity index (χ1) is 18.2. The second kappa shape index (κ2) is 12.1. The van der Waals surface area contributed by atoms with Crippen molar-refractivity contribution in [1.29, 1.82) is 0 Å². The molecule has 0 saturated heterocycles. The van der Waals surface area contributed by atoms with Gasteiger partial charge in [0.25, 0.3) is 15.9 Å². The molecular weight excluding hydrogens is 551 g/mol. The van der Waals surface area contributed by atoms with Crippen LogP contribution in [0.5, 0.6) is 11.5 Å². The van der Waals surface area contributed by atoms with Crippen LogP contribution in [0.4, 0.5) is 11.6 Å². The first-order valence-corrected chi connectivity index (χ1v) is 13.4. The minimum absolute atomic E-state index is 0.0103. The third-order valence-electron chi connectivity index (χ3n) is 5.28. The SMILES string of the molecule is COc1ccc(C(=O)Nc2ccc(S(=O)(=O)Nc3ncccn3)cc2)cc1OCCc1ccc(Cl)cc1Cl. The zero-order chi connectivity index (χ0) is 27.1. The number of nitrogens with zero attached hydrogens (tertiary/aromatic N) is 2. The number of halogens is 2. The Morgan fingerprint density at radius 2 is 1.68 bits per heavy atom. The fourth-order valence-electron chi connectivity index (χ4n) is 3.38. The number of hydrogen-bond acceptors (Lipinski definition) is 7. The van der Waals surface area contributed by atoms with Crippen LogP contribution in [0.1, 0.15) is 15.9 Å². The summed E-state index contributed by atoms with van der Waals surface area (Å²) in [6.45, 7) is 0.292. The molecule has 2 N–H and O–H groups in total. The first-order valence-electron chi connectivity index (χ1n) is 11.2. The Morgan fingerprint density at radius 3 is 2.37 bits per heavy atom. The lowest BCUT2D eigenvalue weighted by molar-refractivity contribution is 0.102. The van der Waals surface area contributed by atoms with Crippen molar-refractivity contribution in [3.8, 4) is 11.5 Å². The van der Waals surface area contributed by atoms with Crippen molar-refractivity contribution >= 4 is 50.8 Å². The Balaban J connectivity index is 1.41. The van der Waals surface area contributed by atoms with Crippen molar-refractivity contribution in [1.82, 2.24) is 9.97 Å². The summed E-state index contributed by atoms with van der Waals surface area (Å²) in [7, 11) is -2.38. The number of rotatable bonds is 10. The molecule has 38 heavy (non-hydrogen) atoms. The number of benzene rings is 3. The highest BCUT2D eigenvalue weighted by atomic mass is 35.5. The molecule has 1 amide bonds. The quantitative estimate of drug-likeness (QED) is 0.258. The molecule has 0 aliphatic carbocycles. The second-order valence-corrected chi connectivity index (χ2v) is 10.4. The van der Waals surface area contributed by atoms with E-state index in [9.17, 15) is 13.2 Å². The number of sulfonamides is 1. The van der Waals surface area contributed by atoms with Gasteiger partial charge in [-0.3, -0.25) is 4.79 Å². The van der Waals surface area contributed by atoms with Crippen LogP contribution < -0.4 is 19.5 Å². The average molecular weight is 573 g/mol. The number of aromatic nitrogens is 2. The normalized spacial score (nSPS) is 11.0. The van der Waals surface area contributed by atoms with E-state index in [1.54, 1.807) is 36.4 Å². The van der Waals surface area contributed by atoms with Crippen LogP contribution in [0.25, 0.3) is 0 Å². The number of methoxy groups -OCH3 is 1. The van der Waals surface area contributed by atoms with E-state index in [0.717, 1.165) is 5.56 Å². The van der Waals surface area contributed by atoms with Gasteiger partial charge >= 0.3 is 0 Å². The molecule has 196 valence electrons. The highest BCUT2D eigenvalue weighted by molar-refractivity contribution is 7.92. The summed E-state index contributed by atoms with van der Waals surface area (Å²) in [4.78, 5) is 20.6. The Morgan fingerprint density at radius 1 is 0.947 bits per heavy atom. The molecule has 9 nitrogen and oxygen atoms in total. The fraction of sp³-hybridized carbons (Fsp3) is 0.115. The minimum Gasteiger partial charge on any atom is -0.493 e. The van der Waals surface area contributed by atoms with Gasteiger partial charge in [-0.15, -0.1) is 0 Å². The smallest absolute Gasteiger partial charge is 0.264 e. The van der Waals surface area contributed by atoms with E-state index in [1.807, 2.05) is 6.07 Å². The maximum Gasteiger partial charge on any atom is 0.264 e. The van der Waals surface area contributed by atoms with Crippen LogP contribution >= 0.6 is 23.2 Å². The summed E-state index contributed by atoms with van der Waals surface area (Å²) in [6, 6.07) is 17.3. The number of anilines is 2. The summed E-state index contributed by atoms with van der Waals surface area (Å²) in [5, 5.41) is 3.84. The average Bonchev–Trinajstić information content (AvgIpc) is 2.90. The molecule has 0 fully saturated rings. The Hall–Kier alpha value is -3.86. The summed E-state index contributed by atoms with van der Waals surface area (Å²) in [5.74, 6) is 0.400. The van der Waals surface area contributed by atoms with Gasteiger partial charge in [-0.1, -0.05) is 29.3 Å². The Labute approximate surface area is 229 Å². The van der Waals surface area contributed by atoms with Crippen molar-refractivity contribution in [2.45, 2.75) is 11.3 Å². The molecule has 0 aliphatic heterocycles. The first kappa shape index (κ1) is 27.2. The molecule has 0 atom stereocenters. The summed E-state index contributed by atoms with van der Waals surface area (Å²) >= 11 is 12.2. The third-order valence-corrected chi connectivity index (χ3v) is 7.21. The molecule has 12 heteroatoms. The standard InChI is InChI=1S/C26H22Cl2N4O5S/c1-36-23-10-4-18(15-24(23)37-14-11-17-3-5-19(27)16-22(17)28)25(33)31-20-6-8-21(9-7-20)38(34,35)32-26-29-12-2-13-30-26/h2-10,12-13,15-16H,11,14H2,1H3,(H,31,33)(H,29,30,32). The molecule has 0 radical (unpaired) electrons. The largest absolute Gasteiger partial charge is 0.493 e. The third kappa shape index (κ3) is 6.91. The zero-order valence-corrected chi connectivity index (χ0v) is 22.3. The van der Waals surface area contributed by atoms with E-state index < -0.39 is 15.9 Å². The predicted octanol–water partition coefficient (Wildman–Crippen LogP) is 5.47. The minimum atomic E-state index is -3.89. The molecule has 0 saturated carbocycles. The van der Waals surface area contributed by atoms with Crippen LogP contribution in [0.3, 0.4) is 0 Å². The molecular formula is C26H22Cl2N4O5S. The van der Waals surface area contributed by atoms with Crippen molar-refractivity contribution < 1.29 is 22.7 Å². The number of hydrogen-bond donors (Lipinski definition) is 2. The summed E-state index contributed by atoms with van der Waals surface area (Å²) < 4.78 is 38.6. The lowest BCUT2D eigenvalue weighted by atomic mass is 10.1. The van der Waals surface area contributed by atoms with Crippen molar-refractivity contribution in [2.24, 2.45) is 0 Å². The van der Waals surface area contributed by atoms with E-state index in [2.05, 4.69) is 20.0 Å². The molecule has 4 aromatic rings. The number of amides is 1. The number of carbonyl (C=O) groups excluding carboxylic acids is 1. The molecule has 0 spiro atoms. The lowest BCUT2D eigenvalue weighted by Gasteiger charge is -2.13. The van der Waals surface area contributed by atoms with E-state index in [1.165, 1.54) is 43.8 Å². The zero-order valence-electron chi connectivity index (χ0n) is 20.0. The van der Waals surface area contributed by atoms with Gasteiger partial charge in [-0.05, 0) is 66.2 Å². The fourth-order valence-corrected chi connectivity index (χ4v) is 4.84. The molecule has 0 unspecified atom stereocenters. The Bertz CT molecular complexity index is 1540. The van der Waals surface area contributed by atoms with Crippen LogP contribution in [0.2, 0.25) is 10.0 Å². The van der Waals surface area contributed by atoms with Gasteiger partial charge < -0.3 is 14.8 Å². The summed E-state index contributed by atoms with van der Waals surface area (Å²) in [5.41, 5.74) is 1.60. The molecule has 1 heterocycles. The van der Waals surface area contributed by atoms with E-state index in [0.29, 0.717) is 45.8 Å². The maximum absolute atomic E-state index is 12.9. The number of ether oxygens (including phenoxy) is 2. The van der Waals surface area contributed by atoms with Gasteiger partial charge in [0.1, 0.15) is 0 Å².